The van der Waals surface area contributed by atoms with E-state index in [9.17, 15) is 13.2 Å². The fraction of sp³-hybridized carbons (Fsp3) is 0.167. The minimum Gasteiger partial charge on any atom is -0.458 e. The maximum atomic E-state index is 10.5. The van der Waals surface area contributed by atoms with Crippen LogP contribution in [0.2, 0.25) is 0 Å². The molecule has 66 valence electrons. The van der Waals surface area contributed by atoms with E-state index in [1.165, 1.54) is 0 Å². The number of carbonyl (C=O) groups is 1. The Morgan fingerprint density at radius 3 is 2.67 bits per heavy atom. The van der Waals surface area contributed by atoms with Crippen LogP contribution in [0.5, 0.6) is 0 Å². The molecular weight excluding hydrogens is 184 g/mol. The van der Waals surface area contributed by atoms with Crippen LogP contribution in [0.25, 0.3) is 0 Å². The predicted octanol–water partition coefficient (Wildman–Crippen LogP) is -0.129. The Bertz CT molecular complexity index is 348. The Labute approximate surface area is 69.1 Å². The van der Waals surface area contributed by atoms with Crippen LogP contribution >= 0.6 is 0 Å². The predicted molar refractivity (Wildman–Crippen MR) is 39.7 cm³/mol. The van der Waals surface area contributed by atoms with Crippen molar-refractivity contribution in [3.8, 4) is 0 Å². The topological polar surface area (TPSA) is 80.7 Å². The number of allylic oxidation sites excluding steroid dienone is 1. The van der Waals surface area contributed by atoms with E-state index in [4.69, 9.17) is 4.55 Å². The molecule has 5 nitrogen and oxygen atoms in total. The smallest absolute Gasteiger partial charge is 0.331 e. The average molecular weight is 190 g/mol. The van der Waals surface area contributed by atoms with Gasteiger partial charge in [-0.1, -0.05) is 0 Å². The molecule has 0 aromatic rings. The first-order chi connectivity index (χ1) is 5.50. The number of esters is 1. The number of hydrogen-bond acceptors (Lipinski definition) is 4. The molecule has 0 saturated heterocycles. The molecule has 1 heterocycles. The van der Waals surface area contributed by atoms with Gasteiger partial charge in [0.15, 0.2) is 0 Å². The summed E-state index contributed by atoms with van der Waals surface area (Å²) in [5, 5.41) is 0. The van der Waals surface area contributed by atoms with Crippen molar-refractivity contribution in [1.29, 1.82) is 0 Å². The molecule has 1 rings (SSSR count). The summed E-state index contributed by atoms with van der Waals surface area (Å²) in [6, 6.07) is 0. The van der Waals surface area contributed by atoms with Gasteiger partial charge in [0.25, 0.3) is 10.1 Å². The first-order valence-corrected chi connectivity index (χ1v) is 4.46. The number of rotatable bonds is 1. The highest BCUT2D eigenvalue weighted by Crippen LogP contribution is 2.08. The lowest BCUT2D eigenvalue weighted by Gasteiger charge is -1.93. The monoisotopic (exact) mass is 190 g/mol. The van der Waals surface area contributed by atoms with Crippen molar-refractivity contribution < 1.29 is 22.5 Å². The fourth-order valence-electron chi connectivity index (χ4n) is 0.664. The Morgan fingerprint density at radius 1 is 1.42 bits per heavy atom. The van der Waals surface area contributed by atoms with Gasteiger partial charge in [-0.25, -0.2) is 4.79 Å². The average Bonchev–Trinajstić information content (AvgIpc) is 2.11. The van der Waals surface area contributed by atoms with E-state index in [-0.39, 0.29) is 11.5 Å². The second kappa shape index (κ2) is 3.08. The largest absolute Gasteiger partial charge is 0.458 e. The van der Waals surface area contributed by atoms with Gasteiger partial charge < -0.3 is 4.74 Å². The van der Waals surface area contributed by atoms with Gasteiger partial charge >= 0.3 is 5.97 Å². The van der Waals surface area contributed by atoms with Crippen molar-refractivity contribution in [1.82, 2.24) is 0 Å². The SMILES string of the molecule is O=C1C=CC(S(=O)(=O)O)=CCO1. The summed E-state index contributed by atoms with van der Waals surface area (Å²) in [5.41, 5.74) is 0. The second-order valence-electron chi connectivity index (χ2n) is 2.04. The zero-order chi connectivity index (χ0) is 9.19. The summed E-state index contributed by atoms with van der Waals surface area (Å²) in [6.07, 6.45) is 3.04. The Balaban J connectivity index is 3.00. The maximum absolute atomic E-state index is 10.5. The van der Waals surface area contributed by atoms with E-state index in [0.717, 1.165) is 18.2 Å². The molecule has 1 aliphatic rings. The number of carbonyl (C=O) groups excluding carboxylic acids is 1. The first kappa shape index (κ1) is 8.95. The summed E-state index contributed by atoms with van der Waals surface area (Å²) in [7, 11) is -4.23. The van der Waals surface area contributed by atoms with Crippen LogP contribution in [0.4, 0.5) is 0 Å². The van der Waals surface area contributed by atoms with Crippen molar-refractivity contribution in [2.45, 2.75) is 0 Å². The van der Waals surface area contributed by atoms with E-state index < -0.39 is 16.1 Å². The van der Waals surface area contributed by atoms with Crippen molar-refractivity contribution in [3.63, 3.8) is 0 Å². The van der Waals surface area contributed by atoms with Gasteiger partial charge in [-0.15, -0.1) is 0 Å². The molecule has 0 amide bonds. The fourth-order valence-corrected chi connectivity index (χ4v) is 1.18. The molecule has 0 atom stereocenters. The summed E-state index contributed by atoms with van der Waals surface area (Å²) >= 11 is 0. The van der Waals surface area contributed by atoms with Gasteiger partial charge in [0.1, 0.15) is 6.61 Å². The van der Waals surface area contributed by atoms with Crippen LogP contribution in [-0.2, 0) is 19.6 Å². The first-order valence-electron chi connectivity index (χ1n) is 3.02. The summed E-state index contributed by atoms with van der Waals surface area (Å²) in [4.78, 5) is 10.2. The molecule has 0 aliphatic carbocycles. The zero-order valence-corrected chi connectivity index (χ0v) is 6.74. The molecule has 1 N–H and O–H groups in total. The quantitative estimate of drug-likeness (QED) is 0.460. The van der Waals surface area contributed by atoms with E-state index in [1.54, 1.807) is 0 Å². The highest BCUT2D eigenvalue weighted by molar-refractivity contribution is 7.90. The minimum atomic E-state index is -4.23. The molecule has 0 aromatic carbocycles. The molecular formula is C6H6O5S. The molecule has 0 saturated carbocycles. The molecule has 0 bridgehead atoms. The molecule has 6 heteroatoms. The second-order valence-corrected chi connectivity index (χ2v) is 3.47. The van der Waals surface area contributed by atoms with Crippen LogP contribution in [0.1, 0.15) is 0 Å². The van der Waals surface area contributed by atoms with E-state index in [1.807, 2.05) is 0 Å². The van der Waals surface area contributed by atoms with Crippen molar-refractivity contribution in [3.05, 3.63) is 23.1 Å². The van der Waals surface area contributed by atoms with Gasteiger partial charge in [-0.2, -0.15) is 8.42 Å². The molecule has 1 aliphatic heterocycles. The van der Waals surface area contributed by atoms with E-state index in [2.05, 4.69) is 4.74 Å². The molecule has 0 unspecified atom stereocenters. The van der Waals surface area contributed by atoms with Gasteiger partial charge in [-0.05, 0) is 12.2 Å². The number of ether oxygens (including phenoxy) is 1. The molecule has 0 fully saturated rings. The van der Waals surface area contributed by atoms with Crippen molar-refractivity contribution >= 4 is 16.1 Å². The van der Waals surface area contributed by atoms with Crippen molar-refractivity contribution in [2.24, 2.45) is 0 Å². The maximum Gasteiger partial charge on any atom is 0.331 e. The van der Waals surface area contributed by atoms with Gasteiger partial charge in [0.2, 0.25) is 0 Å². The van der Waals surface area contributed by atoms with E-state index >= 15 is 0 Å². The Morgan fingerprint density at radius 2 is 2.08 bits per heavy atom. The molecule has 12 heavy (non-hydrogen) atoms. The normalized spacial score (nSPS) is 18.1. The Hall–Kier alpha value is -1.14. The molecule has 0 aromatic heterocycles. The van der Waals surface area contributed by atoms with E-state index in [0.29, 0.717) is 0 Å². The zero-order valence-electron chi connectivity index (χ0n) is 5.93. The molecule has 0 spiro atoms. The standard InChI is InChI=1S/C6H6O5S/c7-6-2-1-5(3-4-11-6)12(8,9)10/h1-3H,4H2,(H,8,9,10). The van der Waals surface area contributed by atoms with Crippen LogP contribution in [-0.4, -0.2) is 25.5 Å². The van der Waals surface area contributed by atoms with Gasteiger partial charge in [0.05, 0.1) is 4.91 Å². The number of hydrogen-bond donors (Lipinski definition) is 1. The van der Waals surface area contributed by atoms with Crippen molar-refractivity contribution in [2.75, 3.05) is 6.61 Å². The highest BCUT2D eigenvalue weighted by Gasteiger charge is 2.13. The third kappa shape index (κ3) is 2.18. The summed E-state index contributed by atoms with van der Waals surface area (Å²) in [5.74, 6) is -0.634. The lowest BCUT2D eigenvalue weighted by molar-refractivity contribution is -0.136. The molecule has 0 radical (unpaired) electrons. The van der Waals surface area contributed by atoms with Gasteiger partial charge in [-0.3, -0.25) is 4.55 Å². The lowest BCUT2D eigenvalue weighted by atomic mass is 10.4. The van der Waals surface area contributed by atoms with Crippen LogP contribution in [0, 0.1) is 0 Å². The lowest BCUT2D eigenvalue weighted by Crippen LogP contribution is -1.99. The van der Waals surface area contributed by atoms with Crippen LogP contribution in [0.3, 0.4) is 0 Å². The van der Waals surface area contributed by atoms with Crippen LogP contribution < -0.4 is 0 Å². The third-order valence-corrected chi connectivity index (χ3v) is 2.09. The van der Waals surface area contributed by atoms with Crippen LogP contribution in [0.15, 0.2) is 23.1 Å². The summed E-state index contributed by atoms with van der Waals surface area (Å²) in [6.45, 7) is -0.152. The highest BCUT2D eigenvalue weighted by atomic mass is 32.2. The minimum absolute atomic E-state index is 0.152. The number of cyclic esters (lactones) is 1. The van der Waals surface area contributed by atoms with Gasteiger partial charge in [0, 0.05) is 6.08 Å². The Kier molecular flexibility index (Phi) is 2.30. The summed E-state index contributed by atoms with van der Waals surface area (Å²) < 4.78 is 34.0. The third-order valence-electron chi connectivity index (χ3n) is 1.19.